The molecule has 3 rings (SSSR count). The van der Waals surface area contributed by atoms with Crippen molar-refractivity contribution in [3.63, 3.8) is 0 Å². The summed E-state index contributed by atoms with van der Waals surface area (Å²) in [6.07, 6.45) is 2.46. The highest BCUT2D eigenvalue weighted by atomic mass is 35.5. The first-order valence-electron chi connectivity index (χ1n) is 7.73. The van der Waals surface area contributed by atoms with Crippen LogP contribution in [0.15, 0.2) is 36.5 Å². The molecule has 1 aliphatic heterocycles. The van der Waals surface area contributed by atoms with Crippen LogP contribution < -0.4 is 10.2 Å². The van der Waals surface area contributed by atoms with E-state index in [1.54, 1.807) is 35.4 Å². The van der Waals surface area contributed by atoms with Gasteiger partial charge in [0, 0.05) is 43.1 Å². The monoisotopic (exact) mass is 378 g/mol. The average molecular weight is 379 g/mol. The number of piperazine rings is 1. The topological polar surface area (TPSA) is 65.5 Å². The molecule has 6 nitrogen and oxygen atoms in total. The summed E-state index contributed by atoms with van der Waals surface area (Å²) in [6.45, 7) is 2.75. The molecule has 0 radical (unpaired) electrons. The van der Waals surface area contributed by atoms with Crippen LogP contribution in [0.3, 0.4) is 0 Å². The Morgan fingerprint density at radius 1 is 1.12 bits per heavy atom. The minimum atomic E-state index is -0.349. The first-order chi connectivity index (χ1) is 12.1. The fourth-order valence-electron chi connectivity index (χ4n) is 2.60. The molecule has 0 bridgehead atoms. The van der Waals surface area contributed by atoms with Gasteiger partial charge in [0.1, 0.15) is 5.69 Å². The number of pyridine rings is 1. The second kappa shape index (κ2) is 7.72. The zero-order valence-electron chi connectivity index (χ0n) is 13.3. The third kappa shape index (κ3) is 4.21. The van der Waals surface area contributed by atoms with Crippen LogP contribution in [0.2, 0.25) is 10.0 Å². The number of nitrogens with zero attached hydrogens (tertiary/aromatic N) is 3. The molecule has 1 saturated heterocycles. The number of aromatic nitrogens is 1. The van der Waals surface area contributed by atoms with Crippen LogP contribution in [0, 0.1) is 0 Å². The number of nitrogens with one attached hydrogen (secondary N) is 1. The summed E-state index contributed by atoms with van der Waals surface area (Å²) in [5.74, 6) is -0.349. The Hall–Kier alpha value is -2.31. The molecule has 2 aromatic rings. The van der Waals surface area contributed by atoms with Crippen molar-refractivity contribution in [2.45, 2.75) is 0 Å². The predicted molar refractivity (Wildman–Crippen MR) is 98.5 cm³/mol. The van der Waals surface area contributed by atoms with Gasteiger partial charge in [0.05, 0.1) is 10.7 Å². The summed E-state index contributed by atoms with van der Waals surface area (Å²) in [6, 6.07) is 8.44. The third-order valence-electron chi connectivity index (χ3n) is 3.98. The molecule has 1 fully saturated rings. The number of halogens is 2. The lowest BCUT2D eigenvalue weighted by Gasteiger charge is -2.34. The van der Waals surface area contributed by atoms with Crippen LogP contribution in [0.4, 0.5) is 11.4 Å². The van der Waals surface area contributed by atoms with Crippen LogP contribution in [-0.2, 0) is 4.79 Å². The van der Waals surface area contributed by atoms with Gasteiger partial charge in [-0.1, -0.05) is 23.2 Å². The molecule has 0 atom stereocenters. The molecule has 2 heterocycles. The van der Waals surface area contributed by atoms with E-state index in [9.17, 15) is 9.59 Å². The van der Waals surface area contributed by atoms with Gasteiger partial charge >= 0.3 is 0 Å². The number of carbonyl (C=O) groups excluding carboxylic acids is 2. The zero-order chi connectivity index (χ0) is 17.8. The molecule has 130 valence electrons. The molecule has 1 aliphatic rings. The van der Waals surface area contributed by atoms with Crippen molar-refractivity contribution in [2.24, 2.45) is 0 Å². The summed E-state index contributed by atoms with van der Waals surface area (Å²) >= 11 is 11.9. The Labute approximate surface area is 155 Å². The molecule has 0 unspecified atom stereocenters. The van der Waals surface area contributed by atoms with E-state index >= 15 is 0 Å². The molecular formula is C17H16Cl2N4O2. The number of amides is 2. The summed E-state index contributed by atoms with van der Waals surface area (Å²) in [4.78, 5) is 31.2. The number of hydrogen-bond donors (Lipinski definition) is 1. The maximum atomic E-state index is 12.4. The Kier molecular flexibility index (Phi) is 5.40. The molecule has 2 amide bonds. The molecule has 1 aromatic heterocycles. The van der Waals surface area contributed by atoms with Crippen LogP contribution in [-0.4, -0.2) is 48.4 Å². The van der Waals surface area contributed by atoms with Crippen LogP contribution in [0.5, 0.6) is 0 Å². The highest BCUT2D eigenvalue weighted by molar-refractivity contribution is 6.36. The normalized spacial score (nSPS) is 14.3. The molecule has 0 saturated carbocycles. The Bertz CT molecular complexity index is 792. The first kappa shape index (κ1) is 17.5. The van der Waals surface area contributed by atoms with E-state index in [0.29, 0.717) is 47.6 Å². The van der Waals surface area contributed by atoms with E-state index in [2.05, 4.69) is 15.2 Å². The van der Waals surface area contributed by atoms with Crippen molar-refractivity contribution in [3.05, 3.63) is 52.3 Å². The van der Waals surface area contributed by atoms with Gasteiger partial charge in [-0.15, -0.1) is 0 Å². The van der Waals surface area contributed by atoms with Gasteiger partial charge in [-0.25, -0.2) is 0 Å². The number of benzene rings is 1. The van der Waals surface area contributed by atoms with Crippen molar-refractivity contribution >= 4 is 46.9 Å². The van der Waals surface area contributed by atoms with E-state index in [1.807, 2.05) is 6.07 Å². The highest BCUT2D eigenvalue weighted by Crippen LogP contribution is 2.26. The van der Waals surface area contributed by atoms with Gasteiger partial charge < -0.3 is 15.1 Å². The molecule has 0 aliphatic carbocycles. The summed E-state index contributed by atoms with van der Waals surface area (Å²) in [5.41, 5.74) is 1.66. The van der Waals surface area contributed by atoms with Crippen molar-refractivity contribution in [1.82, 2.24) is 9.88 Å². The van der Waals surface area contributed by atoms with Gasteiger partial charge in [0.25, 0.3) is 5.91 Å². The minimum Gasteiger partial charge on any atom is -0.368 e. The SMILES string of the molecule is O=CN1CCN(c2ccnc(C(=O)Nc3ccc(Cl)cc3Cl)c2)CC1. The lowest BCUT2D eigenvalue weighted by Crippen LogP contribution is -2.45. The van der Waals surface area contributed by atoms with E-state index < -0.39 is 0 Å². The van der Waals surface area contributed by atoms with Gasteiger partial charge in [-0.2, -0.15) is 0 Å². The van der Waals surface area contributed by atoms with Crippen molar-refractivity contribution in [1.29, 1.82) is 0 Å². The van der Waals surface area contributed by atoms with E-state index in [1.165, 1.54) is 0 Å². The summed E-state index contributed by atoms with van der Waals surface area (Å²) < 4.78 is 0. The Morgan fingerprint density at radius 3 is 2.56 bits per heavy atom. The first-order valence-corrected chi connectivity index (χ1v) is 8.49. The second-order valence-corrected chi connectivity index (χ2v) is 6.45. The zero-order valence-corrected chi connectivity index (χ0v) is 14.8. The van der Waals surface area contributed by atoms with Gasteiger partial charge in [-0.05, 0) is 30.3 Å². The molecule has 0 spiro atoms. The predicted octanol–water partition coefficient (Wildman–Crippen LogP) is 2.92. The smallest absolute Gasteiger partial charge is 0.274 e. The molecule has 8 heteroatoms. The number of anilines is 2. The highest BCUT2D eigenvalue weighted by Gasteiger charge is 2.17. The largest absolute Gasteiger partial charge is 0.368 e. The summed E-state index contributed by atoms with van der Waals surface area (Å²) in [5, 5.41) is 3.60. The van der Waals surface area contributed by atoms with Gasteiger partial charge in [0.15, 0.2) is 0 Å². The van der Waals surface area contributed by atoms with Crippen molar-refractivity contribution < 1.29 is 9.59 Å². The lowest BCUT2D eigenvalue weighted by atomic mass is 10.2. The number of hydrogen-bond acceptors (Lipinski definition) is 4. The van der Waals surface area contributed by atoms with Crippen LogP contribution >= 0.6 is 23.2 Å². The molecule has 25 heavy (non-hydrogen) atoms. The number of carbonyl (C=O) groups is 2. The van der Waals surface area contributed by atoms with Gasteiger partial charge in [-0.3, -0.25) is 14.6 Å². The van der Waals surface area contributed by atoms with Crippen LogP contribution in [0.1, 0.15) is 10.5 Å². The fraction of sp³-hybridized carbons (Fsp3) is 0.235. The minimum absolute atomic E-state index is 0.293. The number of rotatable bonds is 4. The van der Waals surface area contributed by atoms with Crippen molar-refractivity contribution in [2.75, 3.05) is 36.4 Å². The van der Waals surface area contributed by atoms with Crippen LogP contribution in [0.25, 0.3) is 0 Å². The maximum Gasteiger partial charge on any atom is 0.274 e. The average Bonchev–Trinajstić information content (AvgIpc) is 2.64. The maximum absolute atomic E-state index is 12.4. The Balaban J connectivity index is 1.72. The molecule has 1 aromatic carbocycles. The quantitative estimate of drug-likeness (QED) is 0.830. The summed E-state index contributed by atoms with van der Waals surface area (Å²) in [7, 11) is 0. The van der Waals surface area contributed by atoms with Gasteiger partial charge in [0.2, 0.25) is 6.41 Å². The van der Waals surface area contributed by atoms with E-state index in [0.717, 1.165) is 12.1 Å². The van der Waals surface area contributed by atoms with E-state index in [-0.39, 0.29) is 5.91 Å². The molecular weight excluding hydrogens is 363 g/mol. The lowest BCUT2D eigenvalue weighted by molar-refractivity contribution is -0.118. The second-order valence-electron chi connectivity index (χ2n) is 5.61. The fourth-order valence-corrected chi connectivity index (χ4v) is 3.06. The van der Waals surface area contributed by atoms with E-state index in [4.69, 9.17) is 23.2 Å². The Morgan fingerprint density at radius 2 is 1.88 bits per heavy atom. The van der Waals surface area contributed by atoms with Crippen molar-refractivity contribution in [3.8, 4) is 0 Å². The standard InChI is InChI=1S/C17H16Cl2N4O2/c18-12-1-2-15(14(19)9-12)21-17(25)16-10-13(3-4-20-16)23-7-5-22(11-24)6-8-23/h1-4,9-11H,5-8H2,(H,21,25). The third-order valence-corrected chi connectivity index (χ3v) is 4.53. The molecule has 1 N–H and O–H groups in total.